The summed E-state index contributed by atoms with van der Waals surface area (Å²) in [4.78, 5) is 0. The van der Waals surface area contributed by atoms with E-state index in [1.807, 2.05) is 6.08 Å². The number of hydrogen-bond acceptors (Lipinski definition) is 4. The SMILES string of the molecule is C=CC[C@@H](O)C[C@H](C[C@H](CC[C@H](CCCCCCCCCCCCCC)O[Si](C)(C)C(C)(C)C)O[Si](C)(C)C(C)(C)C)O[Si](C)(C)C(C)(C)C. The van der Waals surface area contributed by atoms with Crippen LogP contribution in [0.1, 0.15) is 185 Å². The van der Waals surface area contributed by atoms with Crippen molar-refractivity contribution in [1.82, 2.24) is 0 Å². The number of rotatable bonds is 28. The average Bonchev–Trinajstić information content (AvgIpc) is 2.94. The van der Waals surface area contributed by atoms with E-state index in [1.54, 1.807) is 0 Å². The Kier molecular flexibility index (Phi) is 23.3. The summed E-state index contributed by atoms with van der Waals surface area (Å²) in [6, 6.07) is 0. The van der Waals surface area contributed by atoms with Gasteiger partial charge in [-0.3, -0.25) is 0 Å². The van der Waals surface area contributed by atoms with E-state index in [1.165, 1.54) is 77.0 Å². The lowest BCUT2D eigenvalue weighted by atomic mass is 9.98. The lowest BCUT2D eigenvalue weighted by molar-refractivity contribution is 0.0415. The molecule has 1 N–H and O–H groups in total. The third-order valence-electron chi connectivity index (χ3n) is 12.5. The standard InChI is InChI=1S/C43H92O4Si3/c1-18-20-21-22-23-24-25-26-27-28-29-30-32-38(45-48(12,13)41(3,4)5)33-34-39(46-49(14,15)42(6,7)8)36-40(35-37(44)31-19-2)47-50(16,17)43(9,10)11/h19,37-40,44H,2,18,20-36H2,1,3-17H3/t37-,38+,39+,40-/m1/s1. The van der Waals surface area contributed by atoms with E-state index in [4.69, 9.17) is 13.3 Å². The summed E-state index contributed by atoms with van der Waals surface area (Å²) >= 11 is 0. The van der Waals surface area contributed by atoms with Crippen molar-refractivity contribution in [1.29, 1.82) is 0 Å². The second-order valence-electron chi connectivity index (χ2n) is 20.4. The molecular weight excluding hydrogens is 665 g/mol. The fourth-order valence-corrected chi connectivity index (χ4v) is 10.1. The maximum atomic E-state index is 11.0. The lowest BCUT2D eigenvalue weighted by Gasteiger charge is -2.43. The highest BCUT2D eigenvalue weighted by Gasteiger charge is 2.43. The van der Waals surface area contributed by atoms with Gasteiger partial charge < -0.3 is 18.4 Å². The van der Waals surface area contributed by atoms with E-state index in [0.29, 0.717) is 12.8 Å². The minimum absolute atomic E-state index is 0.0447. The van der Waals surface area contributed by atoms with Gasteiger partial charge in [-0.1, -0.05) is 152 Å². The van der Waals surface area contributed by atoms with Crippen molar-refractivity contribution in [3.8, 4) is 0 Å². The first-order valence-electron chi connectivity index (χ1n) is 21.1. The predicted molar refractivity (Wildman–Crippen MR) is 231 cm³/mol. The Morgan fingerprint density at radius 3 is 1.22 bits per heavy atom. The summed E-state index contributed by atoms with van der Waals surface area (Å²) in [6.07, 6.45) is 23.3. The summed E-state index contributed by atoms with van der Waals surface area (Å²) in [5, 5.41) is 11.4. The quantitative estimate of drug-likeness (QED) is 0.0491. The minimum Gasteiger partial charge on any atom is -0.414 e. The maximum absolute atomic E-state index is 11.0. The molecule has 0 aromatic heterocycles. The summed E-state index contributed by atoms with van der Waals surface area (Å²) in [5.74, 6) is 0. The van der Waals surface area contributed by atoms with Gasteiger partial charge in [0.15, 0.2) is 25.0 Å². The molecule has 0 aromatic rings. The number of hydrogen-bond donors (Lipinski definition) is 1. The smallest absolute Gasteiger partial charge is 0.192 e. The lowest BCUT2D eigenvalue weighted by Crippen LogP contribution is -2.48. The molecule has 7 heteroatoms. The van der Waals surface area contributed by atoms with Gasteiger partial charge >= 0.3 is 0 Å². The van der Waals surface area contributed by atoms with Gasteiger partial charge in [0.2, 0.25) is 0 Å². The molecule has 300 valence electrons. The summed E-state index contributed by atoms with van der Waals surface area (Å²) in [6.45, 7) is 41.5. The van der Waals surface area contributed by atoms with Crippen LogP contribution >= 0.6 is 0 Å². The van der Waals surface area contributed by atoms with Gasteiger partial charge in [-0.2, -0.15) is 0 Å². The first kappa shape index (κ1) is 50.2. The van der Waals surface area contributed by atoms with Gasteiger partial charge in [0.25, 0.3) is 0 Å². The molecular formula is C43H92O4Si3. The molecule has 4 nitrogen and oxygen atoms in total. The molecule has 0 bridgehead atoms. The van der Waals surface area contributed by atoms with Crippen molar-refractivity contribution in [3.63, 3.8) is 0 Å². The highest BCUT2D eigenvalue weighted by Crippen LogP contribution is 2.42. The fraction of sp³-hybridized carbons (Fsp3) is 0.953. The van der Waals surface area contributed by atoms with Gasteiger partial charge in [0, 0.05) is 18.3 Å². The minimum atomic E-state index is -2.06. The van der Waals surface area contributed by atoms with Crippen LogP contribution in [-0.4, -0.2) is 54.5 Å². The Bertz CT molecular complexity index is 882. The molecule has 4 atom stereocenters. The monoisotopic (exact) mass is 757 g/mol. The van der Waals surface area contributed by atoms with E-state index in [-0.39, 0.29) is 33.4 Å². The molecule has 0 aliphatic rings. The van der Waals surface area contributed by atoms with Crippen molar-refractivity contribution in [3.05, 3.63) is 12.7 Å². The van der Waals surface area contributed by atoms with Gasteiger partial charge in [0.05, 0.1) is 6.10 Å². The fourth-order valence-electron chi connectivity index (χ4n) is 5.93. The molecule has 0 unspecified atom stereocenters. The van der Waals surface area contributed by atoms with Crippen molar-refractivity contribution < 1.29 is 18.4 Å². The molecule has 0 saturated heterocycles. The Hall–Kier alpha value is 0.231. The first-order chi connectivity index (χ1) is 22.8. The highest BCUT2D eigenvalue weighted by molar-refractivity contribution is 6.75. The van der Waals surface area contributed by atoms with Crippen molar-refractivity contribution >= 4 is 25.0 Å². The van der Waals surface area contributed by atoms with E-state index in [0.717, 1.165) is 25.7 Å². The normalized spacial score (nSPS) is 16.3. The molecule has 0 fully saturated rings. The molecule has 0 spiro atoms. The third kappa shape index (κ3) is 20.6. The van der Waals surface area contributed by atoms with Crippen LogP contribution in [0.2, 0.25) is 54.4 Å². The van der Waals surface area contributed by atoms with Gasteiger partial charge in [-0.25, -0.2) is 0 Å². The Labute approximate surface area is 318 Å². The third-order valence-corrected chi connectivity index (χ3v) is 26.1. The Balaban J connectivity index is 5.86. The van der Waals surface area contributed by atoms with Gasteiger partial charge in [-0.05, 0) is 92.9 Å². The molecule has 0 heterocycles. The molecule has 0 aromatic carbocycles. The van der Waals surface area contributed by atoms with E-state index in [9.17, 15) is 5.11 Å². The largest absolute Gasteiger partial charge is 0.414 e. The Morgan fingerprint density at radius 1 is 0.500 bits per heavy atom. The molecule has 0 aliphatic heterocycles. The highest BCUT2D eigenvalue weighted by atomic mass is 28.4. The van der Waals surface area contributed by atoms with Crippen LogP contribution in [0.3, 0.4) is 0 Å². The molecule has 50 heavy (non-hydrogen) atoms. The number of aliphatic hydroxyl groups is 1. The summed E-state index contributed by atoms with van der Waals surface area (Å²) in [5.41, 5.74) is 0. The van der Waals surface area contributed by atoms with Crippen LogP contribution in [-0.2, 0) is 13.3 Å². The van der Waals surface area contributed by atoms with Crippen LogP contribution in [0.25, 0.3) is 0 Å². The maximum Gasteiger partial charge on any atom is 0.192 e. The van der Waals surface area contributed by atoms with Crippen molar-refractivity contribution in [2.75, 3.05) is 0 Å². The zero-order chi connectivity index (χ0) is 38.9. The van der Waals surface area contributed by atoms with Crippen LogP contribution < -0.4 is 0 Å². The van der Waals surface area contributed by atoms with E-state index in [2.05, 4.69) is 115 Å². The summed E-state index contributed by atoms with van der Waals surface area (Å²) in [7, 11) is -6.04. The van der Waals surface area contributed by atoms with Crippen LogP contribution in [0.5, 0.6) is 0 Å². The van der Waals surface area contributed by atoms with Gasteiger partial charge in [-0.15, -0.1) is 6.58 Å². The topological polar surface area (TPSA) is 47.9 Å². The van der Waals surface area contributed by atoms with Crippen molar-refractivity contribution in [2.24, 2.45) is 0 Å². The molecule has 0 amide bonds. The van der Waals surface area contributed by atoms with Crippen LogP contribution in [0.15, 0.2) is 12.7 Å². The van der Waals surface area contributed by atoms with Gasteiger partial charge in [0.1, 0.15) is 0 Å². The zero-order valence-electron chi connectivity index (χ0n) is 37.0. The molecule has 0 rings (SSSR count). The van der Waals surface area contributed by atoms with Crippen LogP contribution in [0, 0.1) is 0 Å². The zero-order valence-corrected chi connectivity index (χ0v) is 40.0. The predicted octanol–water partition coefficient (Wildman–Crippen LogP) is 14.7. The molecule has 0 aliphatic carbocycles. The van der Waals surface area contributed by atoms with Crippen LogP contribution in [0.4, 0.5) is 0 Å². The average molecular weight is 757 g/mol. The first-order valence-corrected chi connectivity index (χ1v) is 29.8. The van der Waals surface area contributed by atoms with E-state index < -0.39 is 31.1 Å². The second kappa shape index (κ2) is 23.2. The second-order valence-corrected chi connectivity index (χ2v) is 34.7. The summed E-state index contributed by atoms with van der Waals surface area (Å²) < 4.78 is 21.6. The number of unbranched alkanes of at least 4 members (excludes halogenated alkanes) is 11. The van der Waals surface area contributed by atoms with Crippen molar-refractivity contribution in [2.45, 2.75) is 264 Å². The molecule has 0 saturated carbocycles. The molecule has 0 radical (unpaired) electrons. The number of aliphatic hydroxyl groups excluding tert-OH is 1. The Morgan fingerprint density at radius 2 is 0.840 bits per heavy atom. The van der Waals surface area contributed by atoms with E-state index >= 15 is 0 Å².